The summed E-state index contributed by atoms with van der Waals surface area (Å²) in [5, 5.41) is 24.0. The van der Waals surface area contributed by atoms with E-state index >= 15 is 0 Å². The maximum atomic E-state index is 12.1. The monoisotopic (exact) mass is 264 g/mol. The summed E-state index contributed by atoms with van der Waals surface area (Å²) in [4.78, 5) is 23.1. The number of aromatic hydroxyl groups is 1. The van der Waals surface area contributed by atoms with E-state index in [9.17, 15) is 14.7 Å². The van der Waals surface area contributed by atoms with Crippen molar-refractivity contribution >= 4 is 17.6 Å². The molecule has 2 rings (SSSR count). The SMILES string of the molecule is CC1CCNC1C(=O)Nc1ccc(O)cc1C(=O)O. The Bertz CT molecular complexity index is 515. The molecule has 6 heteroatoms. The zero-order chi connectivity index (χ0) is 14.0. The first kappa shape index (κ1) is 13.4. The molecule has 4 N–H and O–H groups in total. The van der Waals surface area contributed by atoms with Crippen molar-refractivity contribution in [3.8, 4) is 5.75 Å². The van der Waals surface area contributed by atoms with Gasteiger partial charge >= 0.3 is 5.97 Å². The van der Waals surface area contributed by atoms with Crippen LogP contribution >= 0.6 is 0 Å². The topological polar surface area (TPSA) is 98.7 Å². The number of benzene rings is 1. The zero-order valence-corrected chi connectivity index (χ0v) is 10.5. The second-order valence-corrected chi connectivity index (χ2v) is 4.72. The van der Waals surface area contributed by atoms with Gasteiger partial charge in [0.05, 0.1) is 17.3 Å². The summed E-state index contributed by atoms with van der Waals surface area (Å²) in [6.07, 6.45) is 0.916. The first-order valence-electron chi connectivity index (χ1n) is 6.09. The van der Waals surface area contributed by atoms with Crippen LogP contribution in [0.2, 0.25) is 0 Å². The molecule has 1 saturated heterocycles. The molecule has 0 radical (unpaired) electrons. The summed E-state index contributed by atoms with van der Waals surface area (Å²) in [5.74, 6) is -1.38. The lowest BCUT2D eigenvalue weighted by molar-refractivity contribution is -0.118. The number of hydrogen-bond donors (Lipinski definition) is 4. The summed E-state index contributed by atoms with van der Waals surface area (Å²) in [6.45, 7) is 2.75. The van der Waals surface area contributed by atoms with Crippen molar-refractivity contribution in [1.29, 1.82) is 0 Å². The highest BCUT2D eigenvalue weighted by atomic mass is 16.4. The normalized spacial score (nSPS) is 22.2. The fourth-order valence-corrected chi connectivity index (χ4v) is 2.21. The fourth-order valence-electron chi connectivity index (χ4n) is 2.21. The third-order valence-corrected chi connectivity index (χ3v) is 3.31. The minimum absolute atomic E-state index is 0.126. The third kappa shape index (κ3) is 2.85. The minimum Gasteiger partial charge on any atom is -0.508 e. The number of amides is 1. The predicted octanol–water partition coefficient (Wildman–Crippen LogP) is 1.03. The summed E-state index contributed by atoms with van der Waals surface area (Å²) in [7, 11) is 0. The van der Waals surface area contributed by atoms with E-state index in [1.54, 1.807) is 0 Å². The van der Waals surface area contributed by atoms with Gasteiger partial charge in [-0.15, -0.1) is 0 Å². The number of aromatic carboxylic acids is 1. The number of anilines is 1. The Balaban J connectivity index is 2.19. The highest BCUT2D eigenvalue weighted by molar-refractivity contribution is 6.02. The Hall–Kier alpha value is -2.08. The van der Waals surface area contributed by atoms with Crippen LogP contribution in [0.25, 0.3) is 0 Å². The lowest BCUT2D eigenvalue weighted by Crippen LogP contribution is -2.39. The lowest BCUT2D eigenvalue weighted by atomic mass is 10.0. The van der Waals surface area contributed by atoms with Gasteiger partial charge in [0.2, 0.25) is 5.91 Å². The van der Waals surface area contributed by atoms with Gasteiger partial charge in [-0.3, -0.25) is 4.79 Å². The number of phenolic OH excluding ortho intramolecular Hbond substituents is 1. The van der Waals surface area contributed by atoms with E-state index in [-0.39, 0.29) is 34.9 Å². The summed E-state index contributed by atoms with van der Waals surface area (Å²) in [6, 6.07) is 3.53. The molecule has 0 spiro atoms. The molecular weight excluding hydrogens is 248 g/mol. The van der Waals surface area contributed by atoms with E-state index in [1.165, 1.54) is 12.1 Å². The Morgan fingerprint density at radius 1 is 1.42 bits per heavy atom. The quantitative estimate of drug-likeness (QED) is 0.611. The van der Waals surface area contributed by atoms with Crippen molar-refractivity contribution < 1.29 is 19.8 Å². The van der Waals surface area contributed by atoms with Crippen LogP contribution in [-0.2, 0) is 4.79 Å². The van der Waals surface area contributed by atoms with E-state index in [4.69, 9.17) is 5.11 Å². The first-order valence-corrected chi connectivity index (χ1v) is 6.09. The molecule has 1 aliphatic heterocycles. The number of carboxylic acid groups (broad SMARTS) is 1. The van der Waals surface area contributed by atoms with Gasteiger partial charge in [-0.1, -0.05) is 6.92 Å². The maximum Gasteiger partial charge on any atom is 0.337 e. The molecule has 1 aromatic rings. The van der Waals surface area contributed by atoms with Gasteiger partial charge in [0.25, 0.3) is 0 Å². The van der Waals surface area contributed by atoms with E-state index < -0.39 is 5.97 Å². The number of rotatable bonds is 3. The Labute approximate surface area is 110 Å². The highest BCUT2D eigenvalue weighted by Crippen LogP contribution is 2.23. The molecule has 1 heterocycles. The van der Waals surface area contributed by atoms with Crippen LogP contribution in [-0.4, -0.2) is 34.7 Å². The van der Waals surface area contributed by atoms with Crippen molar-refractivity contribution in [2.45, 2.75) is 19.4 Å². The molecule has 102 valence electrons. The second kappa shape index (κ2) is 5.27. The number of hydrogen-bond acceptors (Lipinski definition) is 4. The fraction of sp³-hybridized carbons (Fsp3) is 0.385. The van der Waals surface area contributed by atoms with Gasteiger partial charge < -0.3 is 20.8 Å². The van der Waals surface area contributed by atoms with Crippen LogP contribution < -0.4 is 10.6 Å². The molecule has 0 aromatic heterocycles. The molecule has 1 aromatic carbocycles. The molecular formula is C13H16N2O4. The average Bonchev–Trinajstić information content (AvgIpc) is 2.77. The smallest absolute Gasteiger partial charge is 0.337 e. The summed E-state index contributed by atoms with van der Waals surface area (Å²) < 4.78 is 0. The largest absolute Gasteiger partial charge is 0.508 e. The van der Waals surface area contributed by atoms with Gasteiger partial charge in [-0.25, -0.2) is 4.79 Å². The van der Waals surface area contributed by atoms with Gasteiger partial charge in [0.15, 0.2) is 0 Å². The van der Waals surface area contributed by atoms with E-state index in [0.717, 1.165) is 19.0 Å². The number of nitrogens with one attached hydrogen (secondary N) is 2. The van der Waals surface area contributed by atoms with Crippen LogP contribution in [0.4, 0.5) is 5.69 Å². The summed E-state index contributed by atoms with van der Waals surface area (Å²) in [5.41, 5.74) is 0.0650. The number of carbonyl (C=O) groups excluding carboxylic acids is 1. The Morgan fingerprint density at radius 3 is 2.74 bits per heavy atom. The molecule has 6 nitrogen and oxygen atoms in total. The first-order chi connectivity index (χ1) is 8.99. The number of carboxylic acids is 1. The van der Waals surface area contributed by atoms with Crippen molar-refractivity contribution in [3.63, 3.8) is 0 Å². The molecule has 1 aliphatic rings. The maximum absolute atomic E-state index is 12.1. The van der Waals surface area contributed by atoms with E-state index in [0.29, 0.717) is 0 Å². The highest BCUT2D eigenvalue weighted by Gasteiger charge is 2.29. The lowest BCUT2D eigenvalue weighted by Gasteiger charge is -2.16. The molecule has 0 bridgehead atoms. The van der Waals surface area contributed by atoms with Crippen molar-refractivity contribution in [3.05, 3.63) is 23.8 Å². The molecule has 0 saturated carbocycles. The van der Waals surface area contributed by atoms with Crippen LogP contribution in [0.15, 0.2) is 18.2 Å². The van der Waals surface area contributed by atoms with Crippen LogP contribution in [0, 0.1) is 5.92 Å². The van der Waals surface area contributed by atoms with Gasteiger partial charge in [0.1, 0.15) is 5.75 Å². The van der Waals surface area contributed by atoms with Crippen molar-refractivity contribution in [2.75, 3.05) is 11.9 Å². The number of phenols is 1. The summed E-state index contributed by atoms with van der Waals surface area (Å²) >= 11 is 0. The minimum atomic E-state index is -1.20. The molecule has 1 amide bonds. The van der Waals surface area contributed by atoms with Crippen LogP contribution in [0.5, 0.6) is 5.75 Å². The zero-order valence-electron chi connectivity index (χ0n) is 10.5. The average molecular weight is 264 g/mol. The molecule has 19 heavy (non-hydrogen) atoms. The van der Waals surface area contributed by atoms with Crippen LogP contribution in [0.3, 0.4) is 0 Å². The third-order valence-electron chi connectivity index (χ3n) is 3.31. The Kier molecular flexibility index (Phi) is 3.71. The Morgan fingerprint density at radius 2 is 2.16 bits per heavy atom. The van der Waals surface area contributed by atoms with E-state index in [2.05, 4.69) is 10.6 Å². The van der Waals surface area contributed by atoms with E-state index in [1.807, 2.05) is 6.92 Å². The standard InChI is InChI=1S/C13H16N2O4/c1-7-4-5-14-11(7)12(17)15-10-3-2-8(16)6-9(10)13(18)19/h2-3,6-7,11,14,16H,4-5H2,1H3,(H,15,17)(H,18,19). The number of carbonyl (C=O) groups is 2. The van der Waals surface area contributed by atoms with Gasteiger partial charge in [0, 0.05) is 0 Å². The van der Waals surface area contributed by atoms with Crippen LogP contribution in [0.1, 0.15) is 23.7 Å². The molecule has 2 unspecified atom stereocenters. The van der Waals surface area contributed by atoms with Gasteiger partial charge in [-0.2, -0.15) is 0 Å². The predicted molar refractivity (Wildman–Crippen MR) is 69.3 cm³/mol. The second-order valence-electron chi connectivity index (χ2n) is 4.72. The van der Waals surface area contributed by atoms with Crippen molar-refractivity contribution in [2.24, 2.45) is 5.92 Å². The van der Waals surface area contributed by atoms with Crippen molar-refractivity contribution in [1.82, 2.24) is 5.32 Å². The molecule has 2 atom stereocenters. The van der Waals surface area contributed by atoms with Gasteiger partial charge in [-0.05, 0) is 37.1 Å². The molecule has 1 fully saturated rings. The molecule has 0 aliphatic carbocycles.